The lowest BCUT2D eigenvalue weighted by molar-refractivity contribution is 0.214. The third kappa shape index (κ3) is 5.87. The number of hydrogen-bond acceptors (Lipinski definition) is 2. The maximum atomic E-state index is 3.65. The molecule has 1 aliphatic heterocycles. The minimum Gasteiger partial charge on any atom is -0.313 e. The molecule has 2 heteroatoms. The summed E-state index contributed by atoms with van der Waals surface area (Å²) in [4.78, 5) is 2.71. The summed E-state index contributed by atoms with van der Waals surface area (Å²) < 4.78 is 0. The topological polar surface area (TPSA) is 15.3 Å². The number of nitrogens with one attached hydrogen (secondary N) is 1. The Morgan fingerprint density at radius 3 is 2.76 bits per heavy atom. The van der Waals surface area contributed by atoms with Crippen molar-refractivity contribution >= 4 is 0 Å². The van der Waals surface area contributed by atoms with Crippen LogP contribution in [-0.2, 0) is 0 Å². The first-order valence-electron chi connectivity index (χ1n) is 7.75. The molecular weight excluding hydrogens is 208 g/mol. The van der Waals surface area contributed by atoms with Gasteiger partial charge in [0.05, 0.1) is 0 Å². The number of nitrogens with zero attached hydrogens (tertiary/aromatic N) is 1. The molecule has 1 heterocycles. The summed E-state index contributed by atoms with van der Waals surface area (Å²) in [5.41, 5.74) is 0. The van der Waals surface area contributed by atoms with Crippen molar-refractivity contribution in [2.45, 2.75) is 65.3 Å². The van der Waals surface area contributed by atoms with Crippen LogP contribution in [0, 0.1) is 5.92 Å². The summed E-state index contributed by atoms with van der Waals surface area (Å²) in [6.45, 7) is 12.1. The molecule has 0 radical (unpaired) electrons. The second kappa shape index (κ2) is 8.93. The summed E-state index contributed by atoms with van der Waals surface area (Å²) >= 11 is 0. The number of unbranched alkanes of at least 4 members (excludes halogenated alkanes) is 1. The minimum absolute atomic E-state index is 0.723. The van der Waals surface area contributed by atoms with Gasteiger partial charge >= 0.3 is 0 Å². The van der Waals surface area contributed by atoms with Crippen LogP contribution in [-0.4, -0.2) is 37.1 Å². The smallest absolute Gasteiger partial charge is 0.0192 e. The fraction of sp³-hybridized carbons (Fsp3) is 1.00. The zero-order valence-electron chi connectivity index (χ0n) is 12.2. The molecule has 17 heavy (non-hydrogen) atoms. The van der Waals surface area contributed by atoms with Gasteiger partial charge in [-0.25, -0.2) is 0 Å². The van der Waals surface area contributed by atoms with E-state index in [4.69, 9.17) is 0 Å². The first-order valence-corrected chi connectivity index (χ1v) is 7.75. The van der Waals surface area contributed by atoms with E-state index in [1.54, 1.807) is 0 Å². The third-order valence-electron chi connectivity index (χ3n) is 4.12. The molecule has 0 aliphatic carbocycles. The van der Waals surface area contributed by atoms with E-state index >= 15 is 0 Å². The fourth-order valence-electron chi connectivity index (χ4n) is 2.80. The molecule has 1 saturated heterocycles. The van der Waals surface area contributed by atoms with Gasteiger partial charge in [0.15, 0.2) is 0 Å². The Morgan fingerprint density at radius 1 is 1.29 bits per heavy atom. The van der Waals surface area contributed by atoms with Crippen LogP contribution in [0.4, 0.5) is 0 Å². The number of hydrogen-bond donors (Lipinski definition) is 1. The highest BCUT2D eigenvalue weighted by Gasteiger charge is 2.18. The van der Waals surface area contributed by atoms with Crippen molar-refractivity contribution in [3.05, 3.63) is 0 Å². The van der Waals surface area contributed by atoms with E-state index in [0.29, 0.717) is 0 Å². The van der Waals surface area contributed by atoms with Crippen LogP contribution in [0.1, 0.15) is 59.3 Å². The molecule has 2 atom stereocenters. The summed E-state index contributed by atoms with van der Waals surface area (Å²) in [5, 5.41) is 3.65. The van der Waals surface area contributed by atoms with Gasteiger partial charge in [0, 0.05) is 19.1 Å². The molecule has 1 aliphatic rings. The standard InChI is InChI=1S/C15H32N2/c1-4-7-9-14(5-2)12-17-11-8-10-16-15(6-3)13-17/h14-16H,4-13H2,1-3H3. The van der Waals surface area contributed by atoms with Gasteiger partial charge in [0.2, 0.25) is 0 Å². The van der Waals surface area contributed by atoms with Crippen LogP contribution in [0.15, 0.2) is 0 Å². The average molecular weight is 240 g/mol. The molecule has 0 saturated carbocycles. The maximum Gasteiger partial charge on any atom is 0.0192 e. The summed E-state index contributed by atoms with van der Waals surface area (Å²) in [6.07, 6.45) is 8.11. The van der Waals surface area contributed by atoms with E-state index < -0.39 is 0 Å². The van der Waals surface area contributed by atoms with Crippen molar-refractivity contribution < 1.29 is 0 Å². The van der Waals surface area contributed by atoms with Gasteiger partial charge in [-0.15, -0.1) is 0 Å². The van der Waals surface area contributed by atoms with Crippen molar-refractivity contribution in [2.24, 2.45) is 5.92 Å². The number of rotatable bonds is 7. The predicted molar refractivity (Wildman–Crippen MR) is 76.4 cm³/mol. The highest BCUT2D eigenvalue weighted by molar-refractivity contribution is 4.77. The van der Waals surface area contributed by atoms with Gasteiger partial charge in [-0.2, -0.15) is 0 Å². The lowest BCUT2D eigenvalue weighted by Crippen LogP contribution is -2.39. The van der Waals surface area contributed by atoms with Crippen LogP contribution in [0.25, 0.3) is 0 Å². The molecule has 1 N–H and O–H groups in total. The Kier molecular flexibility index (Phi) is 7.87. The highest BCUT2D eigenvalue weighted by atomic mass is 15.2. The van der Waals surface area contributed by atoms with E-state index in [0.717, 1.165) is 12.0 Å². The van der Waals surface area contributed by atoms with Gasteiger partial charge in [0.25, 0.3) is 0 Å². The second-order valence-electron chi connectivity index (χ2n) is 5.59. The second-order valence-corrected chi connectivity index (χ2v) is 5.59. The van der Waals surface area contributed by atoms with Gasteiger partial charge in [-0.05, 0) is 38.3 Å². The van der Waals surface area contributed by atoms with E-state index in [9.17, 15) is 0 Å². The molecule has 0 amide bonds. The van der Waals surface area contributed by atoms with Crippen LogP contribution >= 0.6 is 0 Å². The summed E-state index contributed by atoms with van der Waals surface area (Å²) in [5.74, 6) is 0.922. The van der Waals surface area contributed by atoms with Crippen molar-refractivity contribution in [1.82, 2.24) is 10.2 Å². The first-order chi connectivity index (χ1) is 8.30. The minimum atomic E-state index is 0.723. The van der Waals surface area contributed by atoms with E-state index in [2.05, 4.69) is 31.0 Å². The van der Waals surface area contributed by atoms with Crippen molar-refractivity contribution in [3.63, 3.8) is 0 Å². The quantitative estimate of drug-likeness (QED) is 0.735. The molecule has 0 aromatic carbocycles. The van der Waals surface area contributed by atoms with Gasteiger partial charge in [-0.3, -0.25) is 0 Å². The summed E-state index contributed by atoms with van der Waals surface area (Å²) in [6, 6.07) is 0.723. The van der Waals surface area contributed by atoms with E-state index in [1.165, 1.54) is 64.7 Å². The van der Waals surface area contributed by atoms with E-state index in [-0.39, 0.29) is 0 Å². The lowest BCUT2D eigenvalue weighted by atomic mass is 9.98. The van der Waals surface area contributed by atoms with Gasteiger partial charge in [-0.1, -0.05) is 40.0 Å². The molecule has 2 unspecified atom stereocenters. The zero-order valence-corrected chi connectivity index (χ0v) is 12.2. The Morgan fingerprint density at radius 2 is 2.12 bits per heavy atom. The molecule has 2 nitrogen and oxygen atoms in total. The van der Waals surface area contributed by atoms with Crippen LogP contribution in [0.2, 0.25) is 0 Å². The van der Waals surface area contributed by atoms with Crippen LogP contribution in [0.3, 0.4) is 0 Å². The molecule has 0 aromatic rings. The molecule has 1 fully saturated rings. The van der Waals surface area contributed by atoms with Crippen molar-refractivity contribution in [3.8, 4) is 0 Å². The SMILES string of the molecule is CCCCC(CC)CN1CCCNC(CC)C1. The molecule has 1 rings (SSSR count). The zero-order chi connectivity index (χ0) is 12.5. The molecule has 102 valence electrons. The van der Waals surface area contributed by atoms with Gasteiger partial charge < -0.3 is 10.2 Å². The monoisotopic (exact) mass is 240 g/mol. The molecular formula is C15H32N2. The maximum absolute atomic E-state index is 3.65. The van der Waals surface area contributed by atoms with Gasteiger partial charge in [0.1, 0.15) is 0 Å². The Balaban J connectivity index is 2.35. The molecule has 0 bridgehead atoms. The Labute approximate surface area is 108 Å². The first kappa shape index (κ1) is 15.0. The average Bonchev–Trinajstić information content (AvgIpc) is 2.59. The Bertz CT molecular complexity index is 182. The largest absolute Gasteiger partial charge is 0.313 e. The normalized spacial score (nSPS) is 24.5. The predicted octanol–water partition coefficient (Wildman–Crippen LogP) is 3.28. The molecule has 0 aromatic heterocycles. The van der Waals surface area contributed by atoms with Crippen molar-refractivity contribution in [2.75, 3.05) is 26.2 Å². The lowest BCUT2D eigenvalue weighted by Gasteiger charge is -2.27. The fourth-order valence-corrected chi connectivity index (χ4v) is 2.80. The van der Waals surface area contributed by atoms with Crippen molar-refractivity contribution in [1.29, 1.82) is 0 Å². The van der Waals surface area contributed by atoms with Crippen LogP contribution in [0.5, 0.6) is 0 Å². The third-order valence-corrected chi connectivity index (χ3v) is 4.12. The Hall–Kier alpha value is -0.0800. The van der Waals surface area contributed by atoms with Crippen LogP contribution < -0.4 is 5.32 Å². The van der Waals surface area contributed by atoms with E-state index in [1.807, 2.05) is 0 Å². The summed E-state index contributed by atoms with van der Waals surface area (Å²) in [7, 11) is 0. The highest BCUT2D eigenvalue weighted by Crippen LogP contribution is 2.15. The molecule has 0 spiro atoms.